The van der Waals surface area contributed by atoms with Crippen LogP contribution in [-0.2, 0) is 12.8 Å². The normalized spacial score (nSPS) is 15.0. The fourth-order valence-corrected chi connectivity index (χ4v) is 2.72. The van der Waals surface area contributed by atoms with E-state index < -0.39 is 0 Å². The topological polar surface area (TPSA) is 40.5 Å². The predicted octanol–water partition coefficient (Wildman–Crippen LogP) is 3.69. The van der Waals surface area contributed by atoms with Gasteiger partial charge >= 0.3 is 0 Å². The summed E-state index contributed by atoms with van der Waals surface area (Å²) in [5.41, 5.74) is 4.34. The third-order valence-electron chi connectivity index (χ3n) is 3.99. The lowest BCUT2D eigenvalue weighted by atomic mass is 9.84. The lowest BCUT2D eigenvalue weighted by Crippen LogP contribution is -2.06. The highest BCUT2D eigenvalue weighted by Crippen LogP contribution is 2.43. The maximum atomic E-state index is 10.4. The van der Waals surface area contributed by atoms with E-state index >= 15 is 0 Å². The van der Waals surface area contributed by atoms with Gasteiger partial charge in [0.2, 0.25) is 0 Å². The molecule has 1 aliphatic rings. The Morgan fingerprint density at radius 1 is 0.778 bits per heavy atom. The van der Waals surface area contributed by atoms with Gasteiger partial charge in [0.05, 0.1) is 0 Å². The van der Waals surface area contributed by atoms with E-state index in [4.69, 9.17) is 0 Å². The van der Waals surface area contributed by atoms with E-state index in [1.165, 1.54) is 11.1 Å². The maximum Gasteiger partial charge on any atom is 0.127 e. The molecular formula is C16H16O2. The van der Waals surface area contributed by atoms with Gasteiger partial charge in [-0.25, -0.2) is 0 Å². The first kappa shape index (κ1) is 11.1. The highest BCUT2D eigenvalue weighted by atomic mass is 16.3. The Morgan fingerprint density at radius 3 is 1.56 bits per heavy atom. The second-order valence-electron chi connectivity index (χ2n) is 5.11. The summed E-state index contributed by atoms with van der Waals surface area (Å²) in [5, 5.41) is 22.3. The zero-order valence-electron chi connectivity index (χ0n) is 10.6. The number of phenolic OH excluding ortho intramolecular Hbond substituents is 2. The molecule has 0 unspecified atom stereocenters. The first-order valence-electron chi connectivity index (χ1n) is 6.19. The Bertz CT molecular complexity index is 623. The van der Waals surface area contributed by atoms with E-state index in [-0.39, 0.29) is 0 Å². The third kappa shape index (κ3) is 1.42. The Labute approximate surface area is 106 Å². The summed E-state index contributed by atoms with van der Waals surface area (Å²) in [6.07, 6.45) is 1.46. The molecule has 2 N–H and O–H groups in total. The average Bonchev–Trinajstić information content (AvgIpc) is 2.38. The van der Waals surface area contributed by atoms with Crippen LogP contribution in [0.2, 0.25) is 0 Å². The van der Waals surface area contributed by atoms with Gasteiger partial charge in [0.1, 0.15) is 11.5 Å². The predicted molar refractivity (Wildman–Crippen MR) is 73.1 cm³/mol. The Morgan fingerprint density at radius 2 is 1.17 bits per heavy atom. The Kier molecular flexibility index (Phi) is 2.34. The van der Waals surface area contributed by atoms with Crippen molar-refractivity contribution in [3.05, 3.63) is 46.5 Å². The smallest absolute Gasteiger partial charge is 0.127 e. The summed E-state index contributed by atoms with van der Waals surface area (Å²) in [6, 6.07) is 7.46. The highest BCUT2D eigenvalue weighted by Gasteiger charge is 2.22. The molecule has 0 heterocycles. The summed E-state index contributed by atoms with van der Waals surface area (Å²) in [4.78, 5) is 0. The minimum absolute atomic E-state index is 0.324. The van der Waals surface area contributed by atoms with Crippen LogP contribution in [0, 0.1) is 0 Å². The second-order valence-corrected chi connectivity index (χ2v) is 5.11. The SMILES string of the molecule is CC1=C(C)Cc2c(c(O)c3ccccc3c2O)C1. The summed E-state index contributed by atoms with van der Waals surface area (Å²) >= 11 is 0. The number of hydrogen-bond donors (Lipinski definition) is 2. The van der Waals surface area contributed by atoms with Gasteiger partial charge in [-0.1, -0.05) is 35.4 Å². The number of fused-ring (bicyclic) bond motifs is 2. The molecule has 2 heteroatoms. The third-order valence-corrected chi connectivity index (χ3v) is 3.99. The van der Waals surface area contributed by atoms with E-state index in [1.807, 2.05) is 24.3 Å². The molecule has 0 aliphatic heterocycles. The molecule has 2 nitrogen and oxygen atoms in total. The molecule has 0 amide bonds. The average molecular weight is 240 g/mol. The van der Waals surface area contributed by atoms with Crippen LogP contribution in [-0.4, -0.2) is 10.2 Å². The molecule has 2 aromatic rings. The fourth-order valence-electron chi connectivity index (χ4n) is 2.72. The summed E-state index contributed by atoms with van der Waals surface area (Å²) < 4.78 is 0. The van der Waals surface area contributed by atoms with Gasteiger partial charge in [-0.15, -0.1) is 0 Å². The number of phenols is 2. The molecule has 0 bridgehead atoms. The van der Waals surface area contributed by atoms with Crippen molar-refractivity contribution in [1.82, 2.24) is 0 Å². The van der Waals surface area contributed by atoms with Crippen molar-refractivity contribution in [3.8, 4) is 11.5 Å². The lowest BCUT2D eigenvalue weighted by Gasteiger charge is -2.22. The van der Waals surface area contributed by atoms with E-state index in [2.05, 4.69) is 13.8 Å². The number of allylic oxidation sites excluding steroid dienone is 2. The van der Waals surface area contributed by atoms with Crippen molar-refractivity contribution < 1.29 is 10.2 Å². The van der Waals surface area contributed by atoms with Crippen molar-refractivity contribution in [2.45, 2.75) is 26.7 Å². The van der Waals surface area contributed by atoms with Crippen LogP contribution >= 0.6 is 0 Å². The van der Waals surface area contributed by atoms with Crippen LogP contribution in [0.3, 0.4) is 0 Å². The zero-order valence-corrected chi connectivity index (χ0v) is 10.6. The number of benzene rings is 2. The molecule has 0 radical (unpaired) electrons. The Hall–Kier alpha value is -1.96. The van der Waals surface area contributed by atoms with Crippen LogP contribution in [0.5, 0.6) is 11.5 Å². The first-order chi connectivity index (χ1) is 8.59. The van der Waals surface area contributed by atoms with Crippen LogP contribution in [0.25, 0.3) is 10.8 Å². The van der Waals surface area contributed by atoms with Crippen LogP contribution in [0.1, 0.15) is 25.0 Å². The van der Waals surface area contributed by atoms with Gasteiger partial charge in [0, 0.05) is 21.9 Å². The molecule has 3 rings (SSSR count). The van der Waals surface area contributed by atoms with Gasteiger partial charge in [-0.2, -0.15) is 0 Å². The number of rotatable bonds is 0. The van der Waals surface area contributed by atoms with Crippen molar-refractivity contribution in [2.75, 3.05) is 0 Å². The standard InChI is InChI=1S/C16H16O2/c1-9-7-13-14(8-10(9)2)16(18)12-6-4-3-5-11(12)15(13)17/h3-6,17-18H,7-8H2,1-2H3. The van der Waals surface area contributed by atoms with Gasteiger partial charge in [-0.05, 0) is 26.7 Å². The molecule has 92 valence electrons. The maximum absolute atomic E-state index is 10.4. The molecule has 0 fully saturated rings. The van der Waals surface area contributed by atoms with E-state index in [1.54, 1.807) is 0 Å². The molecule has 0 saturated heterocycles. The molecule has 0 atom stereocenters. The second kappa shape index (κ2) is 3.77. The summed E-state index contributed by atoms with van der Waals surface area (Å²) in [7, 11) is 0. The lowest BCUT2D eigenvalue weighted by molar-refractivity contribution is 0.458. The van der Waals surface area contributed by atoms with Crippen LogP contribution in [0.15, 0.2) is 35.4 Å². The largest absolute Gasteiger partial charge is 0.507 e. The Balaban J connectivity index is 2.38. The quantitative estimate of drug-likeness (QED) is 0.544. The van der Waals surface area contributed by atoms with E-state index in [0.29, 0.717) is 11.5 Å². The molecular weight excluding hydrogens is 224 g/mol. The monoisotopic (exact) mass is 240 g/mol. The molecule has 2 aromatic carbocycles. The van der Waals surface area contributed by atoms with Crippen LogP contribution < -0.4 is 0 Å². The minimum atomic E-state index is 0.324. The summed E-state index contributed by atoms with van der Waals surface area (Å²) in [5.74, 6) is 0.649. The minimum Gasteiger partial charge on any atom is -0.507 e. The molecule has 0 saturated carbocycles. The summed E-state index contributed by atoms with van der Waals surface area (Å²) in [6.45, 7) is 4.17. The first-order valence-corrected chi connectivity index (χ1v) is 6.19. The fraction of sp³-hybridized carbons (Fsp3) is 0.250. The highest BCUT2D eigenvalue weighted by molar-refractivity contribution is 5.95. The van der Waals surface area contributed by atoms with Crippen molar-refractivity contribution in [3.63, 3.8) is 0 Å². The van der Waals surface area contributed by atoms with E-state index in [9.17, 15) is 10.2 Å². The van der Waals surface area contributed by atoms with E-state index in [0.717, 1.165) is 34.7 Å². The number of aromatic hydroxyl groups is 2. The molecule has 18 heavy (non-hydrogen) atoms. The number of hydrogen-bond acceptors (Lipinski definition) is 2. The van der Waals surface area contributed by atoms with Gasteiger partial charge < -0.3 is 10.2 Å². The zero-order chi connectivity index (χ0) is 12.9. The van der Waals surface area contributed by atoms with Crippen molar-refractivity contribution in [1.29, 1.82) is 0 Å². The van der Waals surface area contributed by atoms with Crippen molar-refractivity contribution >= 4 is 10.8 Å². The van der Waals surface area contributed by atoms with Gasteiger partial charge in [0.15, 0.2) is 0 Å². The molecule has 0 aromatic heterocycles. The molecule has 0 spiro atoms. The molecule has 1 aliphatic carbocycles. The van der Waals surface area contributed by atoms with Crippen molar-refractivity contribution in [2.24, 2.45) is 0 Å². The van der Waals surface area contributed by atoms with Gasteiger partial charge in [0.25, 0.3) is 0 Å². The van der Waals surface area contributed by atoms with Gasteiger partial charge in [-0.3, -0.25) is 0 Å². The van der Waals surface area contributed by atoms with Crippen LogP contribution in [0.4, 0.5) is 0 Å².